The molecule has 0 amide bonds. The van der Waals surface area contributed by atoms with Crippen LogP contribution >= 0.6 is 39.9 Å². The van der Waals surface area contributed by atoms with Crippen LogP contribution in [0.2, 0.25) is 5.02 Å². The minimum atomic E-state index is -0.602. The Labute approximate surface area is 114 Å². The van der Waals surface area contributed by atoms with E-state index in [-0.39, 0.29) is 18.0 Å². The van der Waals surface area contributed by atoms with E-state index in [2.05, 4.69) is 20.7 Å². The summed E-state index contributed by atoms with van der Waals surface area (Å²) in [7, 11) is 1.25. The highest BCUT2D eigenvalue weighted by molar-refractivity contribution is 9.10. The molecule has 3 nitrogen and oxygen atoms in total. The number of halogens is 3. The van der Waals surface area contributed by atoms with Gasteiger partial charge in [-0.15, -0.1) is 3.89 Å². The molecule has 0 unspecified atom stereocenters. The minimum absolute atomic E-state index is 0.0710. The predicted octanol–water partition coefficient (Wildman–Crippen LogP) is 4.22. The molecule has 0 saturated heterocycles. The Morgan fingerprint density at radius 1 is 1.53 bits per heavy atom. The molecule has 2 rings (SSSR count). The largest absolute Gasteiger partial charge is 0.464 e. The topological polar surface area (TPSA) is 31.2 Å². The fraction of sp³-hybridized carbons (Fsp3) is 0.100. The fourth-order valence-corrected chi connectivity index (χ4v) is 2.86. The van der Waals surface area contributed by atoms with Gasteiger partial charge in [0.2, 0.25) is 0 Å². The molecule has 90 valence electrons. The number of ether oxygens (including phenoxy) is 1. The lowest BCUT2D eigenvalue weighted by Gasteiger charge is -2.02. The molecule has 0 fully saturated rings. The van der Waals surface area contributed by atoms with Crippen LogP contribution in [0.3, 0.4) is 0 Å². The number of carbonyl (C=O) groups is 1. The maximum Gasteiger partial charge on any atom is 0.355 e. The first-order valence-electron chi connectivity index (χ1n) is 4.46. The average molecular weight is 339 g/mol. The van der Waals surface area contributed by atoms with Crippen molar-refractivity contribution in [2.75, 3.05) is 7.11 Å². The highest BCUT2D eigenvalue weighted by Gasteiger charge is 2.18. The number of benzene rings is 1. The molecule has 0 N–H and O–H groups in total. The van der Waals surface area contributed by atoms with Crippen molar-refractivity contribution in [3.63, 3.8) is 0 Å². The quantitative estimate of drug-likeness (QED) is 0.768. The monoisotopic (exact) mass is 337 g/mol. The fourth-order valence-electron chi connectivity index (χ4n) is 1.53. The first-order chi connectivity index (χ1) is 8.08. The van der Waals surface area contributed by atoms with Gasteiger partial charge in [0.15, 0.2) is 12.3 Å². The van der Waals surface area contributed by atoms with Crippen molar-refractivity contribution < 1.29 is 13.4 Å². The van der Waals surface area contributed by atoms with Crippen LogP contribution < -0.4 is 0 Å². The number of carbonyl (C=O) groups excluding carboxylic acids is 1. The zero-order valence-electron chi connectivity index (χ0n) is 8.54. The molecule has 0 bridgehead atoms. The van der Waals surface area contributed by atoms with Crippen LogP contribution in [0.5, 0.6) is 0 Å². The summed E-state index contributed by atoms with van der Waals surface area (Å²) in [5, 5.41) is 1.15. The van der Waals surface area contributed by atoms with Gasteiger partial charge in [0.1, 0.15) is 5.69 Å². The number of fused-ring (bicyclic) bond motifs is 1. The average Bonchev–Trinajstić information content (AvgIpc) is 2.66. The van der Waals surface area contributed by atoms with Crippen LogP contribution in [0.4, 0.5) is 3.89 Å². The van der Waals surface area contributed by atoms with Crippen molar-refractivity contribution in [1.82, 2.24) is 3.97 Å². The second-order valence-electron chi connectivity index (χ2n) is 3.20. The molecule has 1 aromatic heterocycles. The number of rotatable bonds is 2. The van der Waals surface area contributed by atoms with E-state index in [4.69, 9.17) is 11.6 Å². The van der Waals surface area contributed by atoms with Gasteiger partial charge in [-0.1, -0.05) is 27.5 Å². The second-order valence-corrected chi connectivity index (χ2v) is 5.00. The molecule has 0 aliphatic rings. The van der Waals surface area contributed by atoms with Gasteiger partial charge in [-0.05, 0) is 18.2 Å². The highest BCUT2D eigenvalue weighted by Crippen LogP contribution is 2.33. The molecule has 0 aliphatic heterocycles. The summed E-state index contributed by atoms with van der Waals surface area (Å²) in [6.07, 6.45) is 0. The van der Waals surface area contributed by atoms with Crippen LogP contribution in [0.25, 0.3) is 10.9 Å². The number of methoxy groups -OCH3 is 1. The lowest BCUT2D eigenvalue weighted by Crippen LogP contribution is -2.05. The predicted molar refractivity (Wildman–Crippen MR) is 70.1 cm³/mol. The van der Waals surface area contributed by atoms with Crippen LogP contribution in [0.15, 0.2) is 22.7 Å². The maximum absolute atomic E-state index is 12.9. The number of nitrogens with zero attached hydrogens (tertiary/aromatic N) is 1. The zero-order valence-corrected chi connectivity index (χ0v) is 11.7. The number of aromatic nitrogens is 1. The van der Waals surface area contributed by atoms with Gasteiger partial charge in [0, 0.05) is 14.9 Å². The molecule has 7 heteroatoms. The molecule has 0 saturated carbocycles. The Kier molecular flexibility index (Phi) is 3.65. The van der Waals surface area contributed by atoms with Crippen molar-refractivity contribution >= 4 is 56.7 Å². The van der Waals surface area contributed by atoms with Crippen LogP contribution in [-0.4, -0.2) is 17.1 Å². The normalized spacial score (nSPS) is 10.8. The van der Waals surface area contributed by atoms with Crippen molar-refractivity contribution in [2.45, 2.75) is 0 Å². The van der Waals surface area contributed by atoms with Gasteiger partial charge in [0.25, 0.3) is 0 Å². The zero-order chi connectivity index (χ0) is 12.6. The second kappa shape index (κ2) is 4.88. The summed E-state index contributed by atoms with van der Waals surface area (Å²) < 4.78 is 19.3. The molecule has 0 aliphatic carbocycles. The minimum Gasteiger partial charge on any atom is -0.464 e. The summed E-state index contributed by atoms with van der Waals surface area (Å²) in [5.41, 5.74) is 0.634. The smallest absolute Gasteiger partial charge is 0.355 e. The van der Waals surface area contributed by atoms with E-state index < -0.39 is 5.97 Å². The SMILES string of the molecule is COC(=O)c1cc2c(Br)cc(Cl)cc2n1SF. The molecule has 0 radical (unpaired) electrons. The molecule has 2 aromatic rings. The summed E-state index contributed by atoms with van der Waals surface area (Å²) in [6.45, 7) is 0. The maximum atomic E-state index is 12.9. The number of esters is 1. The van der Waals surface area contributed by atoms with Gasteiger partial charge in [-0.2, -0.15) is 0 Å². The van der Waals surface area contributed by atoms with E-state index in [9.17, 15) is 8.68 Å². The van der Waals surface area contributed by atoms with Crippen LogP contribution in [0.1, 0.15) is 10.5 Å². The molecule has 0 atom stereocenters. The first-order valence-corrected chi connectivity index (χ1v) is 6.31. The first kappa shape index (κ1) is 12.7. The standard InChI is InChI=1S/C10H6BrClFNO2S/c1-16-10(15)9-4-6-7(11)2-5(12)3-8(6)14(9)17-13/h2-4H,1H3. The third-order valence-corrected chi connectivity index (χ3v) is 3.66. The number of hydrogen-bond donors (Lipinski definition) is 0. The molecular weight excluding hydrogens is 333 g/mol. The Hall–Kier alpha value is -0.720. The number of hydrogen-bond acceptors (Lipinski definition) is 3. The summed E-state index contributed by atoms with van der Waals surface area (Å²) in [5.74, 6) is -0.602. The molecule has 0 spiro atoms. The van der Waals surface area contributed by atoms with Crippen molar-refractivity contribution in [2.24, 2.45) is 0 Å². The van der Waals surface area contributed by atoms with Gasteiger partial charge in [-0.25, -0.2) is 8.77 Å². The Bertz CT molecular complexity index is 601. The Morgan fingerprint density at radius 3 is 2.82 bits per heavy atom. The van der Waals surface area contributed by atoms with Crippen LogP contribution in [-0.2, 0) is 4.74 Å². The van der Waals surface area contributed by atoms with E-state index >= 15 is 0 Å². The van der Waals surface area contributed by atoms with E-state index in [1.807, 2.05) is 0 Å². The van der Waals surface area contributed by atoms with Gasteiger partial charge >= 0.3 is 5.97 Å². The molecular formula is C10H6BrClFNO2S. The molecule has 1 heterocycles. The van der Waals surface area contributed by atoms with Crippen molar-refractivity contribution in [3.8, 4) is 0 Å². The summed E-state index contributed by atoms with van der Waals surface area (Å²) in [6, 6.07) is 4.81. The van der Waals surface area contributed by atoms with E-state index in [0.717, 1.165) is 3.97 Å². The molecule has 1 aromatic carbocycles. The summed E-state index contributed by atoms with van der Waals surface area (Å²) >= 11 is 9.13. The van der Waals surface area contributed by atoms with Gasteiger partial charge in [-0.3, -0.25) is 0 Å². The third-order valence-electron chi connectivity index (χ3n) is 2.25. The highest BCUT2D eigenvalue weighted by atomic mass is 79.9. The summed E-state index contributed by atoms with van der Waals surface area (Å²) in [4.78, 5) is 11.5. The lowest BCUT2D eigenvalue weighted by atomic mass is 10.2. The van der Waals surface area contributed by atoms with Gasteiger partial charge < -0.3 is 4.74 Å². The lowest BCUT2D eigenvalue weighted by molar-refractivity contribution is 0.0593. The van der Waals surface area contributed by atoms with E-state index in [1.165, 1.54) is 7.11 Å². The van der Waals surface area contributed by atoms with E-state index in [0.29, 0.717) is 20.4 Å². The Morgan fingerprint density at radius 2 is 2.24 bits per heavy atom. The third kappa shape index (κ3) is 2.17. The van der Waals surface area contributed by atoms with Crippen molar-refractivity contribution in [1.29, 1.82) is 0 Å². The van der Waals surface area contributed by atoms with E-state index in [1.54, 1.807) is 18.2 Å². The van der Waals surface area contributed by atoms with Gasteiger partial charge in [0.05, 0.1) is 12.6 Å². The van der Waals surface area contributed by atoms with Crippen molar-refractivity contribution in [3.05, 3.63) is 33.4 Å². The Balaban J connectivity index is 2.79. The molecule has 17 heavy (non-hydrogen) atoms. The van der Waals surface area contributed by atoms with Crippen LogP contribution in [0, 0.1) is 0 Å².